The van der Waals surface area contributed by atoms with Gasteiger partial charge in [0.1, 0.15) is 6.10 Å². The second-order valence-electron chi connectivity index (χ2n) is 6.74. The molecule has 3 atom stereocenters. The van der Waals surface area contributed by atoms with Crippen molar-refractivity contribution in [1.29, 1.82) is 0 Å². The molecule has 1 aromatic rings. The van der Waals surface area contributed by atoms with Gasteiger partial charge in [0.2, 0.25) is 5.91 Å². The summed E-state index contributed by atoms with van der Waals surface area (Å²) in [5, 5.41) is 15.4. The average Bonchev–Trinajstić information content (AvgIpc) is 2.62. The number of aliphatic hydroxyl groups excluding tert-OH is 1. The molecule has 150 valence electrons. The standard InChI is InChI=1S/C18H29N5O4/c1-10(2)14(20)17(26)23-13(4-3-9-22-18(21)27)16(25)15(24)11-5-7-12(19)8-6-11/h5-8,10,13-15,24H,3-4,9,19-20H2,1-2H3,(H,23,26)(H3,21,22,27)/t13-,14-,15?/m0/s1. The van der Waals surface area contributed by atoms with Crippen LogP contribution in [-0.2, 0) is 9.59 Å². The SMILES string of the molecule is CC(C)[C@H](N)C(=O)N[C@@H](CCCNC(N)=O)C(=O)C(O)c1ccc(N)cc1. The number of carbonyl (C=O) groups excluding carboxylic acids is 3. The lowest BCUT2D eigenvalue weighted by atomic mass is 9.96. The molecular formula is C18H29N5O4. The third kappa shape index (κ3) is 7.24. The average molecular weight is 379 g/mol. The molecular weight excluding hydrogens is 350 g/mol. The van der Waals surface area contributed by atoms with Gasteiger partial charge in [-0.3, -0.25) is 9.59 Å². The van der Waals surface area contributed by atoms with Crippen molar-refractivity contribution in [3.05, 3.63) is 29.8 Å². The number of hydrogen-bond donors (Lipinski definition) is 6. The molecule has 9 heteroatoms. The van der Waals surface area contributed by atoms with E-state index in [1.807, 2.05) is 0 Å². The number of benzene rings is 1. The normalized spacial score (nSPS) is 14.3. The molecule has 9 N–H and O–H groups in total. The number of aliphatic hydroxyl groups is 1. The second kappa shape index (κ2) is 10.5. The molecule has 1 aromatic carbocycles. The first kappa shape index (κ1) is 22.4. The fourth-order valence-electron chi connectivity index (χ4n) is 2.41. The fraction of sp³-hybridized carbons (Fsp3) is 0.500. The van der Waals surface area contributed by atoms with Gasteiger partial charge in [0.15, 0.2) is 5.78 Å². The topological polar surface area (TPSA) is 174 Å². The number of anilines is 1. The summed E-state index contributed by atoms with van der Waals surface area (Å²) in [6, 6.07) is 3.83. The van der Waals surface area contributed by atoms with Crippen LogP contribution in [0.3, 0.4) is 0 Å². The minimum atomic E-state index is -1.42. The van der Waals surface area contributed by atoms with Gasteiger partial charge in [-0.1, -0.05) is 26.0 Å². The van der Waals surface area contributed by atoms with E-state index < -0.39 is 35.9 Å². The van der Waals surface area contributed by atoms with E-state index in [1.54, 1.807) is 38.1 Å². The van der Waals surface area contributed by atoms with E-state index in [4.69, 9.17) is 17.2 Å². The molecule has 27 heavy (non-hydrogen) atoms. The fourth-order valence-corrected chi connectivity index (χ4v) is 2.41. The zero-order valence-electron chi connectivity index (χ0n) is 15.6. The zero-order chi connectivity index (χ0) is 20.6. The van der Waals surface area contributed by atoms with E-state index in [1.165, 1.54) is 0 Å². The number of carbonyl (C=O) groups is 3. The van der Waals surface area contributed by atoms with Gasteiger partial charge in [0.25, 0.3) is 0 Å². The molecule has 1 rings (SSSR count). The number of Topliss-reactive ketones (excluding diaryl/α,β-unsaturated/α-hetero) is 1. The summed E-state index contributed by atoms with van der Waals surface area (Å²) in [6.07, 6.45) is -0.831. The van der Waals surface area contributed by atoms with Gasteiger partial charge in [-0.2, -0.15) is 0 Å². The van der Waals surface area contributed by atoms with Crippen LogP contribution in [0.5, 0.6) is 0 Å². The molecule has 0 bridgehead atoms. The van der Waals surface area contributed by atoms with Crippen molar-refractivity contribution in [2.24, 2.45) is 17.4 Å². The molecule has 0 fully saturated rings. The molecule has 0 aliphatic heterocycles. The number of hydrogen-bond acceptors (Lipinski definition) is 6. The summed E-state index contributed by atoms with van der Waals surface area (Å²) in [7, 11) is 0. The number of nitrogens with one attached hydrogen (secondary N) is 2. The van der Waals surface area contributed by atoms with Crippen molar-refractivity contribution < 1.29 is 19.5 Å². The lowest BCUT2D eigenvalue weighted by Crippen LogP contribution is -2.51. The van der Waals surface area contributed by atoms with Crippen LogP contribution in [0, 0.1) is 5.92 Å². The number of ketones is 1. The van der Waals surface area contributed by atoms with Crippen molar-refractivity contribution in [1.82, 2.24) is 10.6 Å². The molecule has 1 unspecified atom stereocenters. The summed E-state index contributed by atoms with van der Waals surface area (Å²) >= 11 is 0. The Kier molecular flexibility index (Phi) is 8.70. The Hall–Kier alpha value is -2.65. The summed E-state index contributed by atoms with van der Waals surface area (Å²) in [5.41, 5.74) is 17.3. The van der Waals surface area contributed by atoms with Crippen LogP contribution >= 0.6 is 0 Å². The lowest BCUT2D eigenvalue weighted by Gasteiger charge is -2.24. The monoisotopic (exact) mass is 379 g/mol. The van der Waals surface area contributed by atoms with Gasteiger partial charge in [-0.25, -0.2) is 4.79 Å². The first-order chi connectivity index (χ1) is 12.6. The minimum Gasteiger partial charge on any atom is -0.399 e. The maximum atomic E-state index is 12.7. The van der Waals surface area contributed by atoms with Crippen LogP contribution in [0.25, 0.3) is 0 Å². The van der Waals surface area contributed by atoms with E-state index in [0.29, 0.717) is 17.7 Å². The molecule has 0 aromatic heterocycles. The number of nitrogen functional groups attached to an aromatic ring is 1. The Morgan fingerprint density at radius 1 is 1.15 bits per heavy atom. The molecule has 3 amide bonds. The van der Waals surface area contributed by atoms with Crippen LogP contribution in [0.4, 0.5) is 10.5 Å². The lowest BCUT2D eigenvalue weighted by molar-refractivity contribution is -0.134. The molecule has 0 saturated carbocycles. The molecule has 0 radical (unpaired) electrons. The highest BCUT2D eigenvalue weighted by Gasteiger charge is 2.29. The van der Waals surface area contributed by atoms with E-state index in [-0.39, 0.29) is 18.9 Å². The van der Waals surface area contributed by atoms with Gasteiger partial charge in [0, 0.05) is 12.2 Å². The van der Waals surface area contributed by atoms with Crippen LogP contribution in [0.15, 0.2) is 24.3 Å². The van der Waals surface area contributed by atoms with Crippen LogP contribution in [0.2, 0.25) is 0 Å². The predicted octanol–water partition coefficient (Wildman–Crippen LogP) is -0.212. The molecule has 0 heterocycles. The quantitative estimate of drug-likeness (QED) is 0.242. The zero-order valence-corrected chi connectivity index (χ0v) is 15.6. The van der Waals surface area contributed by atoms with Crippen LogP contribution in [0.1, 0.15) is 38.4 Å². The minimum absolute atomic E-state index is 0.112. The van der Waals surface area contributed by atoms with Crippen LogP contribution < -0.4 is 27.8 Å². The van der Waals surface area contributed by atoms with Crippen molar-refractivity contribution in [2.45, 2.75) is 44.9 Å². The second-order valence-corrected chi connectivity index (χ2v) is 6.74. The van der Waals surface area contributed by atoms with E-state index in [2.05, 4.69) is 10.6 Å². The third-order valence-corrected chi connectivity index (χ3v) is 4.17. The number of amides is 3. The largest absolute Gasteiger partial charge is 0.399 e. The smallest absolute Gasteiger partial charge is 0.312 e. The Morgan fingerprint density at radius 2 is 1.74 bits per heavy atom. The van der Waals surface area contributed by atoms with Crippen LogP contribution in [-0.4, -0.2) is 41.5 Å². The highest BCUT2D eigenvalue weighted by Crippen LogP contribution is 2.19. The van der Waals surface area contributed by atoms with Crippen molar-refractivity contribution >= 4 is 23.4 Å². The van der Waals surface area contributed by atoms with Crippen molar-refractivity contribution in [3.8, 4) is 0 Å². The number of primary amides is 1. The Morgan fingerprint density at radius 3 is 2.26 bits per heavy atom. The van der Waals surface area contributed by atoms with E-state index >= 15 is 0 Å². The number of rotatable bonds is 10. The summed E-state index contributed by atoms with van der Waals surface area (Å²) in [6.45, 7) is 3.82. The molecule has 0 saturated heterocycles. The molecule has 0 spiro atoms. The summed E-state index contributed by atoms with van der Waals surface area (Å²) in [5.74, 6) is -1.15. The maximum absolute atomic E-state index is 12.7. The third-order valence-electron chi connectivity index (χ3n) is 4.17. The van der Waals surface area contributed by atoms with Gasteiger partial charge in [0.05, 0.1) is 12.1 Å². The highest BCUT2D eigenvalue weighted by molar-refractivity contribution is 5.93. The van der Waals surface area contributed by atoms with Crippen molar-refractivity contribution in [3.63, 3.8) is 0 Å². The number of nitrogens with two attached hydrogens (primary N) is 3. The van der Waals surface area contributed by atoms with Gasteiger partial charge in [-0.15, -0.1) is 0 Å². The number of urea groups is 1. The highest BCUT2D eigenvalue weighted by atomic mass is 16.3. The predicted molar refractivity (Wildman–Crippen MR) is 102 cm³/mol. The summed E-state index contributed by atoms with van der Waals surface area (Å²) < 4.78 is 0. The van der Waals surface area contributed by atoms with Crippen molar-refractivity contribution in [2.75, 3.05) is 12.3 Å². The molecule has 0 aliphatic rings. The van der Waals surface area contributed by atoms with Gasteiger partial charge in [-0.05, 0) is 36.5 Å². The van der Waals surface area contributed by atoms with E-state index in [0.717, 1.165) is 0 Å². The maximum Gasteiger partial charge on any atom is 0.312 e. The Balaban J connectivity index is 2.86. The van der Waals surface area contributed by atoms with Gasteiger partial charge >= 0.3 is 6.03 Å². The van der Waals surface area contributed by atoms with E-state index in [9.17, 15) is 19.5 Å². The van der Waals surface area contributed by atoms with Gasteiger partial charge < -0.3 is 32.9 Å². The first-order valence-corrected chi connectivity index (χ1v) is 8.80. The molecule has 9 nitrogen and oxygen atoms in total. The Bertz CT molecular complexity index is 648. The summed E-state index contributed by atoms with van der Waals surface area (Å²) in [4.78, 5) is 35.8. The molecule has 0 aliphatic carbocycles. The Labute approximate surface area is 158 Å². The first-order valence-electron chi connectivity index (χ1n) is 8.80.